The third kappa shape index (κ3) is 12.4. The van der Waals surface area contributed by atoms with Gasteiger partial charge >= 0.3 is 11.9 Å². The highest BCUT2D eigenvalue weighted by atomic mass is 32.2. The molecule has 1 aliphatic rings. The van der Waals surface area contributed by atoms with Gasteiger partial charge in [-0.05, 0) is 36.9 Å². The molecule has 2 heterocycles. The number of imide groups is 1. The lowest BCUT2D eigenvalue weighted by Crippen LogP contribution is -2.61. The third-order valence-corrected chi connectivity index (χ3v) is 12.5. The molecule has 1 aromatic carbocycles. The van der Waals surface area contributed by atoms with Gasteiger partial charge in [0.1, 0.15) is 18.1 Å². The zero-order chi connectivity index (χ0) is 47.0. The van der Waals surface area contributed by atoms with Crippen LogP contribution in [-0.4, -0.2) is 140 Å². The Morgan fingerprint density at radius 2 is 1.63 bits per heavy atom. The Bertz CT molecular complexity index is 2060. The lowest BCUT2D eigenvalue weighted by Gasteiger charge is -2.39. The number of rotatable bonds is 21. The van der Waals surface area contributed by atoms with Crippen molar-refractivity contribution in [3.8, 4) is 0 Å². The molecule has 19 heteroatoms. The summed E-state index contributed by atoms with van der Waals surface area (Å²) >= 11 is 0.948. The van der Waals surface area contributed by atoms with E-state index < -0.39 is 94.2 Å². The van der Waals surface area contributed by atoms with Crippen LogP contribution < -0.4 is 27.0 Å². The molecule has 6 amide bonds. The Morgan fingerprint density at radius 1 is 1.00 bits per heavy atom. The number of aromatic nitrogens is 1. The number of thioether (sulfide) groups is 1. The van der Waals surface area contributed by atoms with Crippen molar-refractivity contribution < 1.29 is 48.6 Å². The van der Waals surface area contributed by atoms with Gasteiger partial charge in [0.25, 0.3) is 0 Å². The smallest absolute Gasteiger partial charge is 0.321 e. The molecule has 2 unspecified atom stereocenters. The van der Waals surface area contributed by atoms with Gasteiger partial charge in [0.05, 0.1) is 23.8 Å². The third-order valence-electron chi connectivity index (χ3n) is 11.2. The molecule has 1 saturated heterocycles. The van der Waals surface area contributed by atoms with E-state index >= 15 is 0 Å². The fourth-order valence-electron chi connectivity index (χ4n) is 7.52. The second-order valence-corrected chi connectivity index (χ2v) is 19.0. The number of nitrogens with two attached hydrogens (primary N) is 1. The summed E-state index contributed by atoms with van der Waals surface area (Å²) in [6, 6.07) is 2.79. The van der Waals surface area contributed by atoms with E-state index in [0.717, 1.165) is 33.1 Å². The maximum atomic E-state index is 14.4. The monoisotopic (exact) mass is 884 g/mol. The number of carbonyl (C=O) groups excluding carboxylic acids is 6. The van der Waals surface area contributed by atoms with Crippen LogP contribution in [0, 0.1) is 11.3 Å². The number of fused-ring (bicyclic) bond motifs is 1. The van der Waals surface area contributed by atoms with Crippen LogP contribution in [0.25, 0.3) is 10.9 Å². The lowest BCUT2D eigenvalue weighted by molar-refractivity contribution is -0.141. The summed E-state index contributed by atoms with van der Waals surface area (Å²) < 4.78 is 2.02. The van der Waals surface area contributed by atoms with Gasteiger partial charge in [0.2, 0.25) is 35.4 Å². The van der Waals surface area contributed by atoms with Gasteiger partial charge in [-0.25, -0.2) is 0 Å². The summed E-state index contributed by atoms with van der Waals surface area (Å²) in [6.07, 6.45) is 2.62. The molecule has 3 rings (SSSR count). The Morgan fingerprint density at radius 3 is 2.19 bits per heavy atom. The average molecular weight is 885 g/mol. The fourth-order valence-corrected chi connectivity index (χ4v) is 8.63. The Kier molecular flexibility index (Phi) is 17.5. The number of aryl methyl sites for hydroxylation is 1. The van der Waals surface area contributed by atoms with E-state index in [0.29, 0.717) is 0 Å². The molecule has 0 saturated carbocycles. The molecular formula is C43H64N8O10S. The van der Waals surface area contributed by atoms with Crippen molar-refractivity contribution in [3.05, 3.63) is 47.7 Å². The minimum Gasteiger partial charge on any atom is -0.481 e. The van der Waals surface area contributed by atoms with Crippen LogP contribution in [0.5, 0.6) is 0 Å². The van der Waals surface area contributed by atoms with Gasteiger partial charge < -0.3 is 46.7 Å². The molecule has 1 aliphatic heterocycles. The number of nitrogens with one attached hydrogen (secondary N) is 4. The first kappa shape index (κ1) is 51.1. The van der Waals surface area contributed by atoms with Crippen molar-refractivity contribution in [3.63, 3.8) is 0 Å². The largest absolute Gasteiger partial charge is 0.481 e. The normalized spacial score (nSPS) is 17.3. The van der Waals surface area contributed by atoms with E-state index in [9.17, 15) is 43.5 Å². The van der Waals surface area contributed by atoms with E-state index in [1.807, 2.05) is 90.5 Å². The molecule has 342 valence electrons. The number of aliphatic carboxylic acids is 2. The van der Waals surface area contributed by atoms with Crippen molar-refractivity contribution in [2.75, 3.05) is 32.9 Å². The van der Waals surface area contributed by atoms with Crippen LogP contribution in [0.1, 0.15) is 73.8 Å². The summed E-state index contributed by atoms with van der Waals surface area (Å²) in [6.45, 7) is 14.2. The summed E-state index contributed by atoms with van der Waals surface area (Å²) in [7, 11) is 5.24. The summed E-state index contributed by atoms with van der Waals surface area (Å²) in [5, 5.41) is 29.9. The molecule has 6 atom stereocenters. The number of likely N-dealkylation sites (N-methyl/N-ethyl adjacent to an activating group) is 2. The minimum absolute atomic E-state index is 0.0855. The van der Waals surface area contributed by atoms with Crippen molar-refractivity contribution in [2.24, 2.45) is 24.1 Å². The second kappa shape index (κ2) is 21.2. The second-order valence-electron chi connectivity index (χ2n) is 17.7. The Labute approximate surface area is 367 Å². The van der Waals surface area contributed by atoms with Crippen molar-refractivity contribution in [1.29, 1.82) is 0 Å². The number of nitrogens with zero attached hydrogens (tertiary/aromatic N) is 3. The molecule has 1 fully saturated rings. The summed E-state index contributed by atoms with van der Waals surface area (Å²) in [4.78, 5) is 106. The van der Waals surface area contributed by atoms with Gasteiger partial charge in [-0.1, -0.05) is 72.7 Å². The first-order valence-electron chi connectivity index (χ1n) is 20.5. The quantitative estimate of drug-likeness (QED) is 0.0691. The highest BCUT2D eigenvalue weighted by Crippen LogP contribution is 2.35. The van der Waals surface area contributed by atoms with Crippen LogP contribution in [0.4, 0.5) is 0 Å². The molecule has 62 heavy (non-hydrogen) atoms. The zero-order valence-electron chi connectivity index (χ0n) is 37.5. The number of carboxylic acids is 2. The first-order chi connectivity index (χ1) is 28.7. The molecular weight excluding hydrogens is 821 g/mol. The maximum absolute atomic E-state index is 14.4. The van der Waals surface area contributed by atoms with E-state index in [2.05, 4.69) is 21.3 Å². The topological polar surface area (TPSA) is 263 Å². The number of carboxylic acid groups (broad SMARTS) is 2. The maximum Gasteiger partial charge on any atom is 0.321 e. The van der Waals surface area contributed by atoms with Gasteiger partial charge in [-0.3, -0.25) is 43.3 Å². The van der Waals surface area contributed by atoms with Crippen LogP contribution in [-0.2, 0) is 50.8 Å². The molecule has 0 spiro atoms. The predicted octanol–water partition coefficient (Wildman–Crippen LogP) is 1.35. The fraction of sp³-hybridized carbons (Fsp3) is 0.581. The Balaban J connectivity index is 1.74. The van der Waals surface area contributed by atoms with Crippen molar-refractivity contribution in [1.82, 2.24) is 35.6 Å². The van der Waals surface area contributed by atoms with E-state index in [1.165, 1.54) is 11.8 Å². The van der Waals surface area contributed by atoms with E-state index in [1.54, 1.807) is 20.2 Å². The van der Waals surface area contributed by atoms with Gasteiger partial charge in [0, 0.05) is 67.4 Å². The molecule has 0 aliphatic carbocycles. The minimum atomic E-state index is -1.54. The van der Waals surface area contributed by atoms with Crippen LogP contribution in [0.3, 0.4) is 0 Å². The molecule has 0 bridgehead atoms. The van der Waals surface area contributed by atoms with Gasteiger partial charge in [-0.15, -0.1) is 11.8 Å². The Hall–Kier alpha value is -5.27. The van der Waals surface area contributed by atoms with E-state index in [4.69, 9.17) is 10.8 Å². The van der Waals surface area contributed by atoms with Crippen LogP contribution >= 0.6 is 11.8 Å². The highest BCUT2D eigenvalue weighted by Gasteiger charge is 2.43. The first-order valence-corrected chi connectivity index (χ1v) is 21.5. The number of likely N-dealkylation sites (tertiary alicyclic amines) is 1. The SMILES string of the molecule is CN[C@H](C(=O)NC(C(=O)N(C)[C@H](/C=C(\C)C(=O)N[C@@H](CC(=O)O)C(=O)NCCN1C(=O)CC(SC[C@H](N)C(=O)O)C1=O)C(C)C)C(C)(C)C)C(C)(C)c1cn(C)c2ccccc12. The van der Waals surface area contributed by atoms with Crippen molar-refractivity contribution >= 4 is 70.0 Å². The van der Waals surface area contributed by atoms with Crippen LogP contribution in [0.2, 0.25) is 0 Å². The highest BCUT2D eigenvalue weighted by molar-refractivity contribution is 8.00. The number of hydrogen-bond donors (Lipinski definition) is 7. The molecule has 0 radical (unpaired) electrons. The molecule has 18 nitrogen and oxygen atoms in total. The van der Waals surface area contributed by atoms with Crippen molar-refractivity contribution in [2.45, 2.75) is 109 Å². The zero-order valence-corrected chi connectivity index (χ0v) is 38.3. The average Bonchev–Trinajstić information content (AvgIpc) is 3.67. The number of carbonyl (C=O) groups is 8. The number of para-hydroxylation sites is 1. The van der Waals surface area contributed by atoms with Crippen LogP contribution in [0.15, 0.2) is 42.1 Å². The molecule has 8 N–H and O–H groups in total. The lowest BCUT2D eigenvalue weighted by atomic mass is 9.76. The number of amides is 6. The van der Waals surface area contributed by atoms with E-state index in [-0.39, 0.29) is 42.7 Å². The standard InChI is InChI=1S/C43H64N8O10S/c1-23(2)30(50(11)40(59)35(42(4,5)6)48-38(57)34(45-9)43(7,8)26-21-49(10)29-15-13-12-14-25(26)29)18-24(3)36(55)47-28(19-33(53)54)37(56)46-16-17-51-32(52)20-31(39(51)58)62-22-27(44)41(60)61/h12-15,18,21,23,27-28,30-31,34-35,45H,16-17,19-20,22,44H2,1-11H3,(H,46,56)(H,47,55)(H,48,57)(H,53,54)(H,60,61)/b24-18+/t27-,28-,30+,31?,34+,35?/m0/s1. The molecule has 2 aromatic rings. The molecule has 1 aromatic heterocycles. The predicted molar refractivity (Wildman–Crippen MR) is 236 cm³/mol. The summed E-state index contributed by atoms with van der Waals surface area (Å²) in [5.74, 6) is -6.44. The number of hydrogen-bond acceptors (Lipinski definition) is 11. The summed E-state index contributed by atoms with van der Waals surface area (Å²) in [5.41, 5.74) is 6.12. The van der Waals surface area contributed by atoms with Gasteiger partial charge in [0.15, 0.2) is 0 Å². The van der Waals surface area contributed by atoms with Gasteiger partial charge in [-0.2, -0.15) is 0 Å². The number of benzene rings is 1.